The molecule has 2 saturated heterocycles. The predicted octanol–water partition coefficient (Wildman–Crippen LogP) is 2.51. The van der Waals surface area contributed by atoms with Crippen LogP contribution >= 0.6 is 0 Å². The Morgan fingerprint density at radius 3 is 2.86 bits per heavy atom. The molecule has 2 aliphatic rings. The Kier molecular flexibility index (Phi) is 4.58. The molecule has 2 N–H and O–H groups in total. The van der Waals surface area contributed by atoms with Gasteiger partial charge in [-0.05, 0) is 39.2 Å². The Bertz CT molecular complexity index is 476. The minimum Gasteiger partial charge on any atom is -0.370 e. The Labute approximate surface area is 127 Å². The molecule has 0 saturated carbocycles. The van der Waals surface area contributed by atoms with Gasteiger partial charge in [-0.15, -0.1) is 0 Å². The van der Waals surface area contributed by atoms with Gasteiger partial charge >= 0.3 is 0 Å². The topological polar surface area (TPSA) is 53.1 Å². The second-order valence-corrected chi connectivity index (χ2v) is 6.11. The van der Waals surface area contributed by atoms with Crippen LogP contribution in [0.2, 0.25) is 0 Å². The van der Waals surface area contributed by atoms with Crippen LogP contribution in [0.15, 0.2) is 6.33 Å². The quantitative estimate of drug-likeness (QED) is 0.843. The molecule has 0 radical (unpaired) electrons. The van der Waals surface area contributed by atoms with E-state index in [1.807, 2.05) is 0 Å². The highest BCUT2D eigenvalue weighted by Crippen LogP contribution is 2.31. The maximum absolute atomic E-state index is 4.54. The molecule has 3 rings (SSSR count). The van der Waals surface area contributed by atoms with E-state index in [4.69, 9.17) is 0 Å². The fraction of sp³-hybridized carbons (Fsp3) is 0.750. The highest BCUT2D eigenvalue weighted by molar-refractivity contribution is 5.58. The predicted molar refractivity (Wildman–Crippen MR) is 86.8 cm³/mol. The largest absolute Gasteiger partial charge is 0.370 e. The van der Waals surface area contributed by atoms with Crippen molar-refractivity contribution in [3.63, 3.8) is 0 Å². The lowest BCUT2D eigenvalue weighted by molar-refractivity contribution is 0.318. The minimum atomic E-state index is 0.549. The van der Waals surface area contributed by atoms with E-state index in [1.54, 1.807) is 6.33 Å². The second kappa shape index (κ2) is 6.60. The van der Waals surface area contributed by atoms with Gasteiger partial charge in [0.1, 0.15) is 18.0 Å². The van der Waals surface area contributed by atoms with Crippen molar-refractivity contribution >= 4 is 11.6 Å². The van der Waals surface area contributed by atoms with E-state index in [9.17, 15) is 0 Å². The summed E-state index contributed by atoms with van der Waals surface area (Å²) in [5.41, 5.74) is 1.25. The Balaban J connectivity index is 1.79. The van der Waals surface area contributed by atoms with Gasteiger partial charge in [0.05, 0.1) is 0 Å². The average Bonchev–Trinajstić information content (AvgIpc) is 3.07. The van der Waals surface area contributed by atoms with Gasteiger partial charge in [-0.25, -0.2) is 9.97 Å². The molecule has 0 spiro atoms. The highest BCUT2D eigenvalue weighted by Gasteiger charge is 2.37. The zero-order valence-corrected chi connectivity index (χ0v) is 13.2. The van der Waals surface area contributed by atoms with E-state index >= 15 is 0 Å². The van der Waals surface area contributed by atoms with Crippen LogP contribution in [0.3, 0.4) is 0 Å². The Morgan fingerprint density at radius 1 is 1.19 bits per heavy atom. The summed E-state index contributed by atoms with van der Waals surface area (Å²) in [7, 11) is 0. The van der Waals surface area contributed by atoms with Crippen molar-refractivity contribution in [1.29, 1.82) is 0 Å². The lowest BCUT2D eigenvalue weighted by Crippen LogP contribution is -2.34. The molecule has 21 heavy (non-hydrogen) atoms. The molecule has 2 aliphatic heterocycles. The van der Waals surface area contributed by atoms with E-state index < -0.39 is 0 Å². The summed E-state index contributed by atoms with van der Waals surface area (Å²) >= 11 is 0. The standard InChI is InChI=1S/C16H27N5/c1-3-6-12-15(17-4-2)18-11-19-16(12)20-13-8-10-21-9-5-7-14(13)21/h11,13-14H,3-10H2,1-2H3,(H2,17,18,19,20). The molecule has 3 heterocycles. The highest BCUT2D eigenvalue weighted by atomic mass is 15.2. The van der Waals surface area contributed by atoms with Gasteiger partial charge in [-0.1, -0.05) is 13.3 Å². The first-order valence-electron chi connectivity index (χ1n) is 8.41. The summed E-state index contributed by atoms with van der Waals surface area (Å²) in [6, 6.07) is 1.25. The molecule has 0 bridgehead atoms. The molecule has 0 aromatic carbocycles. The molecular formula is C16H27N5. The number of aromatic nitrogens is 2. The fourth-order valence-corrected chi connectivity index (χ4v) is 3.77. The number of nitrogens with one attached hydrogen (secondary N) is 2. The summed E-state index contributed by atoms with van der Waals surface area (Å²) in [5.74, 6) is 2.04. The van der Waals surface area contributed by atoms with Gasteiger partial charge in [0, 0.05) is 30.7 Å². The van der Waals surface area contributed by atoms with Gasteiger partial charge < -0.3 is 10.6 Å². The maximum Gasteiger partial charge on any atom is 0.134 e. The first kappa shape index (κ1) is 14.6. The molecule has 0 amide bonds. The summed E-state index contributed by atoms with van der Waals surface area (Å²) in [6.45, 7) is 7.72. The molecule has 1 aromatic heterocycles. The number of hydrogen-bond acceptors (Lipinski definition) is 5. The van der Waals surface area contributed by atoms with Gasteiger partial charge in [-0.2, -0.15) is 0 Å². The SMILES string of the molecule is CCCc1c(NCC)ncnc1NC1CCN2CCCC12. The molecule has 116 valence electrons. The number of hydrogen-bond donors (Lipinski definition) is 2. The summed E-state index contributed by atoms with van der Waals surface area (Å²) in [4.78, 5) is 11.6. The van der Waals surface area contributed by atoms with Gasteiger partial charge in [0.15, 0.2) is 0 Å². The number of anilines is 2. The van der Waals surface area contributed by atoms with E-state index in [0.29, 0.717) is 12.1 Å². The van der Waals surface area contributed by atoms with Crippen LogP contribution in [0.4, 0.5) is 11.6 Å². The van der Waals surface area contributed by atoms with Crippen molar-refractivity contribution in [3.8, 4) is 0 Å². The monoisotopic (exact) mass is 289 g/mol. The molecule has 0 aliphatic carbocycles. The first-order chi connectivity index (χ1) is 10.3. The van der Waals surface area contributed by atoms with Crippen molar-refractivity contribution in [2.24, 2.45) is 0 Å². The Hall–Kier alpha value is -1.36. The number of fused-ring (bicyclic) bond motifs is 1. The Morgan fingerprint density at radius 2 is 2.05 bits per heavy atom. The fourth-order valence-electron chi connectivity index (χ4n) is 3.77. The molecule has 5 heteroatoms. The molecule has 2 atom stereocenters. The second-order valence-electron chi connectivity index (χ2n) is 6.11. The van der Waals surface area contributed by atoms with Crippen LogP contribution in [-0.2, 0) is 6.42 Å². The smallest absolute Gasteiger partial charge is 0.134 e. The van der Waals surface area contributed by atoms with Crippen molar-refractivity contribution in [2.45, 2.75) is 58.0 Å². The van der Waals surface area contributed by atoms with E-state index in [1.165, 1.54) is 37.9 Å². The normalized spacial score (nSPS) is 25.0. The van der Waals surface area contributed by atoms with E-state index in [0.717, 1.165) is 31.0 Å². The molecule has 1 aromatic rings. The van der Waals surface area contributed by atoms with Crippen molar-refractivity contribution in [1.82, 2.24) is 14.9 Å². The summed E-state index contributed by atoms with van der Waals surface area (Å²) < 4.78 is 0. The molecule has 5 nitrogen and oxygen atoms in total. The van der Waals surface area contributed by atoms with Gasteiger partial charge in [0.25, 0.3) is 0 Å². The third-order valence-electron chi connectivity index (χ3n) is 4.72. The summed E-state index contributed by atoms with van der Waals surface area (Å²) in [5, 5.41) is 7.10. The zero-order valence-electron chi connectivity index (χ0n) is 13.2. The third-order valence-corrected chi connectivity index (χ3v) is 4.72. The average molecular weight is 289 g/mol. The third kappa shape index (κ3) is 2.98. The van der Waals surface area contributed by atoms with Crippen molar-refractivity contribution in [3.05, 3.63) is 11.9 Å². The minimum absolute atomic E-state index is 0.549. The van der Waals surface area contributed by atoms with E-state index in [-0.39, 0.29) is 0 Å². The van der Waals surface area contributed by atoms with Crippen molar-refractivity contribution in [2.75, 3.05) is 30.3 Å². The van der Waals surface area contributed by atoms with Crippen LogP contribution < -0.4 is 10.6 Å². The zero-order chi connectivity index (χ0) is 14.7. The molecule has 2 unspecified atom stereocenters. The summed E-state index contributed by atoms with van der Waals surface area (Å²) in [6.07, 6.45) is 7.72. The van der Waals surface area contributed by atoms with Crippen LogP contribution in [0, 0.1) is 0 Å². The van der Waals surface area contributed by atoms with Crippen LogP contribution in [0.1, 0.15) is 45.1 Å². The molecular weight excluding hydrogens is 262 g/mol. The van der Waals surface area contributed by atoms with Crippen LogP contribution in [-0.4, -0.2) is 46.6 Å². The number of nitrogens with zero attached hydrogens (tertiary/aromatic N) is 3. The lowest BCUT2D eigenvalue weighted by atomic mass is 10.1. The molecule has 2 fully saturated rings. The van der Waals surface area contributed by atoms with Crippen molar-refractivity contribution < 1.29 is 0 Å². The first-order valence-corrected chi connectivity index (χ1v) is 8.41. The lowest BCUT2D eigenvalue weighted by Gasteiger charge is -2.23. The maximum atomic E-state index is 4.54. The van der Waals surface area contributed by atoms with Gasteiger partial charge in [0.2, 0.25) is 0 Å². The number of rotatable bonds is 6. The van der Waals surface area contributed by atoms with E-state index in [2.05, 4.69) is 39.3 Å². The van der Waals surface area contributed by atoms with Gasteiger partial charge in [-0.3, -0.25) is 4.90 Å². The van der Waals surface area contributed by atoms with Crippen LogP contribution in [0.5, 0.6) is 0 Å². The van der Waals surface area contributed by atoms with Crippen LogP contribution in [0.25, 0.3) is 0 Å².